The Morgan fingerprint density at radius 1 is 1.18 bits per heavy atom. The van der Waals surface area contributed by atoms with Crippen LogP contribution in [0.3, 0.4) is 0 Å². The molecule has 17 heavy (non-hydrogen) atoms. The molecule has 0 N–H and O–H groups in total. The summed E-state index contributed by atoms with van der Waals surface area (Å²) >= 11 is 0. The lowest BCUT2D eigenvalue weighted by atomic mass is 9.99. The first-order valence-electron chi connectivity index (χ1n) is 5.80. The zero-order valence-electron chi connectivity index (χ0n) is 11.0. The summed E-state index contributed by atoms with van der Waals surface area (Å²) in [5.41, 5.74) is 2.74. The molecule has 0 saturated heterocycles. The number of carbonyl (C=O) groups excluding carboxylic acids is 1. The van der Waals surface area contributed by atoms with Crippen LogP contribution in [-0.4, -0.2) is 26.1 Å². The van der Waals surface area contributed by atoms with Crippen molar-refractivity contribution in [1.82, 2.24) is 0 Å². The highest BCUT2D eigenvalue weighted by Gasteiger charge is 2.09. The molecule has 0 atom stereocenters. The van der Waals surface area contributed by atoms with Gasteiger partial charge in [-0.2, -0.15) is 0 Å². The Bertz CT molecular complexity index is 373. The van der Waals surface area contributed by atoms with Crippen LogP contribution in [0.15, 0.2) is 12.1 Å². The average Bonchev–Trinajstić information content (AvgIpc) is 2.23. The third-order valence-corrected chi connectivity index (χ3v) is 2.62. The predicted molar refractivity (Wildman–Crippen MR) is 67.9 cm³/mol. The van der Waals surface area contributed by atoms with Gasteiger partial charge in [0.25, 0.3) is 0 Å². The molecule has 0 aromatic heterocycles. The van der Waals surface area contributed by atoms with Crippen molar-refractivity contribution >= 4 is 5.78 Å². The fourth-order valence-electron chi connectivity index (χ4n) is 1.96. The smallest absolute Gasteiger partial charge is 0.160 e. The number of hydrogen-bond acceptors (Lipinski definition) is 3. The van der Waals surface area contributed by atoms with Crippen LogP contribution in [0.4, 0.5) is 0 Å². The lowest BCUT2D eigenvalue weighted by Crippen LogP contribution is -2.04. The maximum Gasteiger partial charge on any atom is 0.160 e. The van der Waals surface area contributed by atoms with Gasteiger partial charge in [0.2, 0.25) is 0 Å². The van der Waals surface area contributed by atoms with Gasteiger partial charge in [-0.1, -0.05) is 0 Å². The molecule has 0 aliphatic rings. The SMILES string of the molecule is COCCCOc1cc(C)c(C(C)=O)c(C)c1. The number of hydrogen-bond donors (Lipinski definition) is 0. The standard InChI is InChI=1S/C14H20O3/c1-10-8-13(17-7-5-6-16-4)9-11(2)14(10)12(3)15/h8-9H,5-7H2,1-4H3. The molecule has 0 radical (unpaired) electrons. The van der Waals surface area contributed by atoms with Crippen LogP contribution in [0.5, 0.6) is 5.75 Å². The normalized spacial score (nSPS) is 10.4. The van der Waals surface area contributed by atoms with Gasteiger partial charge in [-0.05, 0) is 44.0 Å². The lowest BCUT2D eigenvalue weighted by Gasteiger charge is -2.11. The third kappa shape index (κ3) is 3.86. The first-order chi connectivity index (χ1) is 8.06. The van der Waals surface area contributed by atoms with Crippen molar-refractivity contribution in [2.75, 3.05) is 20.3 Å². The van der Waals surface area contributed by atoms with Crippen molar-refractivity contribution in [2.45, 2.75) is 27.2 Å². The Labute approximate surface area is 103 Å². The Morgan fingerprint density at radius 2 is 1.76 bits per heavy atom. The van der Waals surface area contributed by atoms with E-state index in [0.29, 0.717) is 13.2 Å². The number of Topliss-reactive ketones (excluding diaryl/α,β-unsaturated/α-hetero) is 1. The summed E-state index contributed by atoms with van der Waals surface area (Å²) in [5.74, 6) is 0.923. The van der Waals surface area contributed by atoms with Gasteiger partial charge in [0.05, 0.1) is 6.61 Å². The number of rotatable bonds is 6. The fraction of sp³-hybridized carbons (Fsp3) is 0.500. The molecule has 0 heterocycles. The van der Waals surface area contributed by atoms with Crippen LogP contribution in [0, 0.1) is 13.8 Å². The number of benzene rings is 1. The molecule has 0 unspecified atom stereocenters. The van der Waals surface area contributed by atoms with Gasteiger partial charge in [-0.15, -0.1) is 0 Å². The van der Waals surface area contributed by atoms with Gasteiger partial charge < -0.3 is 9.47 Å². The molecule has 3 nitrogen and oxygen atoms in total. The Morgan fingerprint density at radius 3 is 2.24 bits per heavy atom. The van der Waals surface area contributed by atoms with E-state index in [1.54, 1.807) is 14.0 Å². The van der Waals surface area contributed by atoms with Crippen molar-refractivity contribution in [1.29, 1.82) is 0 Å². The van der Waals surface area contributed by atoms with Crippen LogP contribution >= 0.6 is 0 Å². The van der Waals surface area contributed by atoms with Crippen LogP contribution < -0.4 is 4.74 Å². The first kappa shape index (κ1) is 13.7. The van der Waals surface area contributed by atoms with Gasteiger partial charge in [0.1, 0.15) is 5.75 Å². The Hall–Kier alpha value is -1.35. The summed E-state index contributed by atoms with van der Waals surface area (Å²) in [5, 5.41) is 0. The number of aryl methyl sites for hydroxylation is 2. The molecule has 0 aliphatic carbocycles. The average molecular weight is 236 g/mol. The summed E-state index contributed by atoms with van der Waals surface area (Å²) in [6.07, 6.45) is 0.864. The molecular weight excluding hydrogens is 216 g/mol. The van der Waals surface area contributed by atoms with Crippen molar-refractivity contribution in [2.24, 2.45) is 0 Å². The topological polar surface area (TPSA) is 35.5 Å². The number of carbonyl (C=O) groups is 1. The van der Waals surface area contributed by atoms with Crippen molar-refractivity contribution in [3.63, 3.8) is 0 Å². The van der Waals surface area contributed by atoms with E-state index < -0.39 is 0 Å². The van der Waals surface area contributed by atoms with E-state index in [-0.39, 0.29) is 5.78 Å². The molecule has 0 amide bonds. The summed E-state index contributed by atoms with van der Waals surface area (Å²) in [6, 6.07) is 3.83. The second kappa shape index (κ2) is 6.40. The highest BCUT2D eigenvalue weighted by Crippen LogP contribution is 2.22. The third-order valence-electron chi connectivity index (χ3n) is 2.62. The minimum absolute atomic E-state index is 0.103. The zero-order chi connectivity index (χ0) is 12.8. The largest absolute Gasteiger partial charge is 0.493 e. The van der Waals surface area contributed by atoms with E-state index in [9.17, 15) is 4.79 Å². The fourth-order valence-corrected chi connectivity index (χ4v) is 1.96. The van der Waals surface area contributed by atoms with Crippen molar-refractivity contribution in [3.8, 4) is 5.75 Å². The first-order valence-corrected chi connectivity index (χ1v) is 5.80. The van der Waals surface area contributed by atoms with Gasteiger partial charge in [0.15, 0.2) is 5.78 Å². The van der Waals surface area contributed by atoms with E-state index in [0.717, 1.165) is 28.9 Å². The highest BCUT2D eigenvalue weighted by atomic mass is 16.5. The quantitative estimate of drug-likeness (QED) is 0.562. The number of ketones is 1. The van der Waals surface area contributed by atoms with Crippen LogP contribution in [0.2, 0.25) is 0 Å². The van der Waals surface area contributed by atoms with Crippen LogP contribution in [0.25, 0.3) is 0 Å². The molecule has 0 saturated carbocycles. The van der Waals surface area contributed by atoms with Gasteiger partial charge in [-0.25, -0.2) is 0 Å². The molecule has 0 spiro atoms. The molecule has 3 heteroatoms. The molecule has 0 fully saturated rings. The summed E-state index contributed by atoms with van der Waals surface area (Å²) in [4.78, 5) is 11.4. The van der Waals surface area contributed by atoms with E-state index >= 15 is 0 Å². The van der Waals surface area contributed by atoms with E-state index in [1.807, 2.05) is 26.0 Å². The molecular formula is C14H20O3. The molecule has 0 aliphatic heterocycles. The summed E-state index contributed by atoms with van der Waals surface area (Å²) in [7, 11) is 1.68. The maximum absolute atomic E-state index is 11.4. The second-order valence-electron chi connectivity index (χ2n) is 4.18. The number of methoxy groups -OCH3 is 1. The minimum atomic E-state index is 0.103. The molecule has 1 aromatic carbocycles. The minimum Gasteiger partial charge on any atom is -0.493 e. The number of ether oxygens (including phenoxy) is 2. The van der Waals surface area contributed by atoms with Gasteiger partial charge in [-0.3, -0.25) is 4.79 Å². The van der Waals surface area contributed by atoms with E-state index in [2.05, 4.69) is 0 Å². The van der Waals surface area contributed by atoms with E-state index in [1.165, 1.54) is 0 Å². The van der Waals surface area contributed by atoms with E-state index in [4.69, 9.17) is 9.47 Å². The monoisotopic (exact) mass is 236 g/mol. The Balaban J connectivity index is 2.73. The van der Waals surface area contributed by atoms with Crippen LogP contribution in [-0.2, 0) is 4.74 Å². The highest BCUT2D eigenvalue weighted by molar-refractivity contribution is 5.97. The maximum atomic E-state index is 11.4. The van der Waals surface area contributed by atoms with Gasteiger partial charge >= 0.3 is 0 Å². The zero-order valence-corrected chi connectivity index (χ0v) is 11.0. The Kier molecular flexibility index (Phi) is 5.16. The molecule has 0 bridgehead atoms. The summed E-state index contributed by atoms with van der Waals surface area (Å²) in [6.45, 7) is 6.79. The predicted octanol–water partition coefficient (Wildman–Crippen LogP) is 2.92. The second-order valence-corrected chi connectivity index (χ2v) is 4.18. The van der Waals surface area contributed by atoms with Crippen molar-refractivity contribution < 1.29 is 14.3 Å². The lowest BCUT2D eigenvalue weighted by molar-refractivity contribution is 0.101. The summed E-state index contributed by atoms with van der Waals surface area (Å²) < 4.78 is 10.6. The molecule has 1 rings (SSSR count). The molecule has 1 aromatic rings. The van der Waals surface area contributed by atoms with Crippen LogP contribution in [0.1, 0.15) is 34.8 Å². The molecule has 94 valence electrons. The van der Waals surface area contributed by atoms with Crippen molar-refractivity contribution in [3.05, 3.63) is 28.8 Å². The van der Waals surface area contributed by atoms with Gasteiger partial charge in [0, 0.05) is 25.7 Å².